The van der Waals surface area contributed by atoms with Crippen LogP contribution in [-0.4, -0.2) is 60.3 Å². The van der Waals surface area contributed by atoms with Gasteiger partial charge in [-0.05, 0) is 28.1 Å². The normalized spacial score (nSPS) is 10.2. The molecule has 38 heavy (non-hydrogen) atoms. The molecule has 0 aliphatic carbocycles. The number of carbonyl (C=O) groups excluding carboxylic acids is 4. The first-order valence-corrected chi connectivity index (χ1v) is 11.4. The summed E-state index contributed by atoms with van der Waals surface area (Å²) in [4.78, 5) is 53.2. The van der Waals surface area contributed by atoms with Gasteiger partial charge in [0.2, 0.25) is 11.8 Å². The number of amides is 4. The molecule has 0 atom stereocenters. The maximum atomic E-state index is 12.8. The van der Waals surface area contributed by atoms with Crippen molar-refractivity contribution in [1.29, 1.82) is 5.41 Å². The van der Waals surface area contributed by atoms with Crippen LogP contribution in [0.4, 0.5) is 17.3 Å². The molecule has 0 radical (unpaired) electrons. The molecule has 0 saturated heterocycles. The summed E-state index contributed by atoms with van der Waals surface area (Å²) in [7, 11) is 3.28. The van der Waals surface area contributed by atoms with E-state index in [1.807, 2.05) is 0 Å². The number of hydrogen-bond acceptors (Lipinski definition) is 7. The molecule has 3 rings (SSSR count). The number of nitrogens with one attached hydrogen (secondary N) is 6. The SMILES string of the molecule is C=C(Br)C(=O)Nc1n[nH]c(C(=O)Nc2cc(C(=O)Nc3cc(C(=O)NCCC(=N)N)n(C)c3)n(C)c2)n1.Cl. The Hall–Kier alpha value is -4.44. The lowest BCUT2D eigenvalue weighted by atomic mass is 10.3. The monoisotopic (exact) mass is 609 g/mol. The molecule has 0 unspecified atom stereocenters. The van der Waals surface area contributed by atoms with Gasteiger partial charge in [-0.1, -0.05) is 6.58 Å². The molecule has 0 bridgehead atoms. The summed E-state index contributed by atoms with van der Waals surface area (Å²) >= 11 is 2.93. The molecule has 8 N–H and O–H groups in total. The van der Waals surface area contributed by atoms with Gasteiger partial charge in [0.1, 0.15) is 11.4 Å². The minimum atomic E-state index is -0.647. The van der Waals surface area contributed by atoms with Crippen molar-refractivity contribution in [2.24, 2.45) is 19.8 Å². The van der Waals surface area contributed by atoms with Crippen LogP contribution >= 0.6 is 28.3 Å². The highest BCUT2D eigenvalue weighted by Gasteiger charge is 2.19. The number of anilines is 3. The smallest absolute Gasteiger partial charge is 0.293 e. The summed E-state index contributed by atoms with van der Waals surface area (Å²) in [6.45, 7) is 3.64. The Morgan fingerprint density at radius 2 is 1.58 bits per heavy atom. The molecule has 0 spiro atoms. The fourth-order valence-corrected chi connectivity index (χ4v) is 3.19. The molecule has 0 saturated carbocycles. The van der Waals surface area contributed by atoms with E-state index in [-0.39, 0.29) is 59.1 Å². The third-order valence-corrected chi connectivity index (χ3v) is 5.20. The maximum absolute atomic E-state index is 12.8. The molecule has 0 aliphatic rings. The van der Waals surface area contributed by atoms with E-state index < -0.39 is 17.7 Å². The number of hydrogen-bond donors (Lipinski definition) is 7. The van der Waals surface area contributed by atoms with Gasteiger partial charge in [-0.25, -0.2) is 0 Å². The highest BCUT2D eigenvalue weighted by Crippen LogP contribution is 2.18. The lowest BCUT2D eigenvalue weighted by Crippen LogP contribution is -2.28. The first kappa shape index (κ1) is 29.8. The van der Waals surface area contributed by atoms with Gasteiger partial charge < -0.3 is 30.8 Å². The number of aromatic nitrogens is 5. The Balaban J connectivity index is 0.00000507. The number of nitrogens with zero attached hydrogens (tertiary/aromatic N) is 4. The summed E-state index contributed by atoms with van der Waals surface area (Å²) in [5.74, 6) is -2.37. The lowest BCUT2D eigenvalue weighted by Gasteiger charge is -2.04. The lowest BCUT2D eigenvalue weighted by molar-refractivity contribution is -0.112. The quantitative estimate of drug-likeness (QED) is 0.101. The number of nitrogens with two attached hydrogens (primary N) is 1. The van der Waals surface area contributed by atoms with Crippen LogP contribution in [0.3, 0.4) is 0 Å². The fourth-order valence-electron chi connectivity index (χ4n) is 3.09. The third-order valence-electron chi connectivity index (χ3n) is 4.84. The maximum Gasteiger partial charge on any atom is 0.293 e. The van der Waals surface area contributed by atoms with Crippen molar-refractivity contribution in [3.8, 4) is 0 Å². The molecule has 4 amide bonds. The van der Waals surface area contributed by atoms with Crippen molar-refractivity contribution in [2.45, 2.75) is 6.42 Å². The highest BCUT2D eigenvalue weighted by molar-refractivity contribution is 9.12. The second-order valence-electron chi connectivity index (χ2n) is 7.76. The molecular formula is C21H25BrClN11O4. The predicted octanol–water partition coefficient (Wildman–Crippen LogP) is 1.31. The number of aryl methyl sites for hydroxylation is 2. The number of rotatable bonds is 10. The van der Waals surface area contributed by atoms with Gasteiger partial charge in [0.15, 0.2) is 0 Å². The zero-order chi connectivity index (χ0) is 27.3. The Morgan fingerprint density at radius 1 is 1.03 bits per heavy atom. The summed E-state index contributed by atoms with van der Waals surface area (Å²) in [6.07, 6.45) is 3.34. The molecule has 15 nitrogen and oxygen atoms in total. The van der Waals surface area contributed by atoms with E-state index in [1.54, 1.807) is 24.9 Å². The van der Waals surface area contributed by atoms with Crippen LogP contribution in [-0.2, 0) is 18.9 Å². The van der Waals surface area contributed by atoms with Crippen LogP contribution in [0.1, 0.15) is 38.0 Å². The molecular weight excluding hydrogens is 586 g/mol. The third kappa shape index (κ3) is 7.53. The van der Waals surface area contributed by atoms with Crippen LogP contribution in [0.25, 0.3) is 0 Å². The number of aromatic amines is 1. The fraction of sp³-hybridized carbons (Fsp3) is 0.190. The van der Waals surface area contributed by atoms with Crippen LogP contribution < -0.4 is 27.0 Å². The number of carbonyl (C=O) groups is 4. The number of halogens is 2. The van der Waals surface area contributed by atoms with Crippen LogP contribution in [0.15, 0.2) is 35.6 Å². The second kappa shape index (κ2) is 12.7. The van der Waals surface area contributed by atoms with E-state index in [0.29, 0.717) is 17.1 Å². The van der Waals surface area contributed by atoms with E-state index >= 15 is 0 Å². The molecule has 3 aromatic rings. The zero-order valence-corrected chi connectivity index (χ0v) is 22.6. The molecule has 0 aromatic carbocycles. The average Bonchev–Trinajstić information content (AvgIpc) is 3.52. The summed E-state index contributed by atoms with van der Waals surface area (Å²) in [6, 6.07) is 2.97. The first-order valence-electron chi connectivity index (χ1n) is 10.6. The first-order chi connectivity index (χ1) is 17.4. The van der Waals surface area contributed by atoms with E-state index in [4.69, 9.17) is 11.1 Å². The highest BCUT2D eigenvalue weighted by atomic mass is 79.9. The minimum Gasteiger partial charge on any atom is -0.388 e. The largest absolute Gasteiger partial charge is 0.388 e. The van der Waals surface area contributed by atoms with E-state index in [2.05, 4.69) is 59.0 Å². The van der Waals surface area contributed by atoms with Gasteiger partial charge in [-0.15, -0.1) is 17.5 Å². The van der Waals surface area contributed by atoms with Gasteiger partial charge in [-0.3, -0.25) is 35.0 Å². The number of H-pyrrole nitrogens is 1. The van der Waals surface area contributed by atoms with Crippen molar-refractivity contribution in [2.75, 3.05) is 22.5 Å². The van der Waals surface area contributed by atoms with Gasteiger partial charge >= 0.3 is 0 Å². The summed E-state index contributed by atoms with van der Waals surface area (Å²) in [5.41, 5.74) is 6.52. The van der Waals surface area contributed by atoms with Crippen molar-refractivity contribution < 1.29 is 19.2 Å². The van der Waals surface area contributed by atoms with Crippen LogP contribution in [0, 0.1) is 5.41 Å². The predicted molar refractivity (Wildman–Crippen MR) is 146 cm³/mol. The standard InChI is InChI=1S/C21H24BrN11O4.ClH/c1-10(22)17(34)29-21-28-16(30-31-21)20(37)27-12-7-14(33(3)9-12)19(36)26-11-6-13(32(2)8-11)18(35)25-5-4-15(23)24;/h6-9H,1,4-5H2,2-3H3,(H3,23,24)(H,25,35)(H,26,36)(H,27,37)(H2,28,29,30,31,34);1H. The molecule has 202 valence electrons. The summed E-state index contributed by atoms with van der Waals surface area (Å²) in [5, 5.41) is 23.7. The van der Waals surface area contributed by atoms with Gasteiger partial charge in [0.25, 0.3) is 23.6 Å². The Bertz CT molecular complexity index is 1410. The average molecular weight is 611 g/mol. The van der Waals surface area contributed by atoms with Crippen molar-refractivity contribution in [1.82, 2.24) is 29.6 Å². The van der Waals surface area contributed by atoms with E-state index in [0.717, 1.165) is 0 Å². The molecule has 0 aliphatic heterocycles. The minimum absolute atomic E-state index is 0. The van der Waals surface area contributed by atoms with Gasteiger partial charge in [0.05, 0.1) is 21.7 Å². The van der Waals surface area contributed by atoms with Crippen LogP contribution in [0.5, 0.6) is 0 Å². The second-order valence-corrected chi connectivity index (χ2v) is 8.71. The van der Waals surface area contributed by atoms with Crippen molar-refractivity contribution >= 4 is 75.1 Å². The topological polar surface area (TPSA) is 218 Å². The molecule has 17 heteroatoms. The number of amidine groups is 1. The molecule has 3 aromatic heterocycles. The van der Waals surface area contributed by atoms with Crippen molar-refractivity contribution in [3.05, 3.63) is 52.8 Å². The zero-order valence-electron chi connectivity index (χ0n) is 20.2. The van der Waals surface area contributed by atoms with Gasteiger partial charge in [0, 0.05) is 39.5 Å². The molecule has 3 heterocycles. The Kier molecular flexibility index (Phi) is 9.94. The summed E-state index contributed by atoms with van der Waals surface area (Å²) < 4.78 is 3.13. The Morgan fingerprint density at radius 3 is 2.13 bits per heavy atom. The van der Waals surface area contributed by atoms with Crippen LogP contribution in [0.2, 0.25) is 0 Å². The van der Waals surface area contributed by atoms with E-state index in [9.17, 15) is 19.2 Å². The van der Waals surface area contributed by atoms with E-state index in [1.165, 1.54) is 22.9 Å². The molecule has 0 fully saturated rings. The Labute approximate surface area is 230 Å². The van der Waals surface area contributed by atoms with Gasteiger partial charge in [-0.2, -0.15) is 4.98 Å². The van der Waals surface area contributed by atoms with Crippen molar-refractivity contribution in [3.63, 3.8) is 0 Å².